The number of nitrogens with one attached hydrogen (secondary N) is 1. The Kier molecular flexibility index (Phi) is 6.25. The Morgan fingerprint density at radius 3 is 2.58 bits per heavy atom. The Bertz CT molecular complexity index is 717. The molecule has 0 spiro atoms. The van der Waals surface area contributed by atoms with Gasteiger partial charge in [0.05, 0.1) is 13.2 Å². The molecule has 1 N–H and O–H groups in total. The van der Waals surface area contributed by atoms with Gasteiger partial charge in [0, 0.05) is 36.9 Å². The third kappa shape index (κ3) is 4.06. The third-order valence-electron chi connectivity index (χ3n) is 4.85. The Balaban J connectivity index is 0.00000196. The van der Waals surface area contributed by atoms with Gasteiger partial charge in [-0.05, 0) is 30.7 Å². The molecule has 1 saturated heterocycles. The van der Waals surface area contributed by atoms with Gasteiger partial charge in [-0.25, -0.2) is 0 Å². The number of nitrogens with zero attached hydrogens (tertiary/aromatic N) is 1. The van der Waals surface area contributed by atoms with Crippen LogP contribution in [0.15, 0.2) is 42.5 Å². The predicted molar refractivity (Wildman–Crippen MR) is 105 cm³/mol. The number of morpholine rings is 1. The molecule has 1 unspecified atom stereocenters. The zero-order valence-corrected chi connectivity index (χ0v) is 15.8. The zero-order chi connectivity index (χ0) is 17.1. The van der Waals surface area contributed by atoms with Crippen LogP contribution in [0, 0.1) is 0 Å². The van der Waals surface area contributed by atoms with E-state index in [1.165, 1.54) is 11.3 Å². The second-order valence-electron chi connectivity index (χ2n) is 6.44. The first-order valence-electron chi connectivity index (χ1n) is 8.85. The minimum atomic E-state index is 0. The molecule has 26 heavy (non-hydrogen) atoms. The molecule has 4 rings (SSSR count). The summed E-state index contributed by atoms with van der Waals surface area (Å²) in [7, 11) is 0. The highest BCUT2D eigenvalue weighted by atomic mass is 35.5. The second kappa shape index (κ2) is 8.62. The SMILES string of the molecule is CC(NCc1cccc2c1OCO2)c1ccc(N2CCOCC2)cc1.Cl. The summed E-state index contributed by atoms with van der Waals surface area (Å²) in [5.74, 6) is 1.70. The monoisotopic (exact) mass is 376 g/mol. The van der Waals surface area contributed by atoms with Gasteiger partial charge in [-0.2, -0.15) is 0 Å². The van der Waals surface area contributed by atoms with Crippen LogP contribution in [0.1, 0.15) is 24.1 Å². The predicted octanol–water partition coefficient (Wildman–Crippen LogP) is 3.52. The highest BCUT2D eigenvalue weighted by Gasteiger charge is 2.17. The molecular formula is C20H25ClN2O3. The summed E-state index contributed by atoms with van der Waals surface area (Å²) in [5.41, 5.74) is 3.68. The summed E-state index contributed by atoms with van der Waals surface area (Å²) >= 11 is 0. The lowest BCUT2D eigenvalue weighted by atomic mass is 10.1. The Hall–Kier alpha value is -1.95. The van der Waals surface area contributed by atoms with Crippen LogP contribution < -0.4 is 19.7 Å². The van der Waals surface area contributed by atoms with E-state index < -0.39 is 0 Å². The van der Waals surface area contributed by atoms with Gasteiger partial charge < -0.3 is 24.4 Å². The molecular weight excluding hydrogens is 352 g/mol. The Morgan fingerprint density at radius 2 is 1.81 bits per heavy atom. The van der Waals surface area contributed by atoms with Crippen LogP contribution in [0.2, 0.25) is 0 Å². The molecule has 0 bridgehead atoms. The van der Waals surface area contributed by atoms with E-state index in [0.717, 1.165) is 49.9 Å². The normalized spacial score (nSPS) is 16.9. The fraction of sp³-hybridized carbons (Fsp3) is 0.400. The molecule has 6 heteroatoms. The van der Waals surface area contributed by atoms with Crippen LogP contribution in [-0.2, 0) is 11.3 Å². The van der Waals surface area contributed by atoms with Gasteiger partial charge in [-0.3, -0.25) is 0 Å². The maximum absolute atomic E-state index is 5.57. The molecule has 2 aliphatic heterocycles. The maximum Gasteiger partial charge on any atom is 0.231 e. The van der Waals surface area contributed by atoms with Crippen molar-refractivity contribution in [2.75, 3.05) is 38.0 Å². The lowest BCUT2D eigenvalue weighted by Gasteiger charge is -2.29. The zero-order valence-electron chi connectivity index (χ0n) is 14.9. The van der Waals surface area contributed by atoms with E-state index in [1.54, 1.807) is 0 Å². The Labute approximate surface area is 160 Å². The summed E-state index contributed by atoms with van der Waals surface area (Å²) in [4.78, 5) is 2.37. The van der Waals surface area contributed by atoms with Crippen LogP contribution >= 0.6 is 12.4 Å². The fourth-order valence-electron chi connectivity index (χ4n) is 3.31. The number of para-hydroxylation sites is 1. The van der Waals surface area contributed by atoms with Crippen LogP contribution in [0.3, 0.4) is 0 Å². The molecule has 0 radical (unpaired) electrons. The van der Waals surface area contributed by atoms with Crippen LogP contribution in [0.5, 0.6) is 11.5 Å². The summed E-state index contributed by atoms with van der Waals surface area (Å²) in [6.07, 6.45) is 0. The van der Waals surface area contributed by atoms with Gasteiger partial charge in [-0.15, -0.1) is 12.4 Å². The lowest BCUT2D eigenvalue weighted by Crippen LogP contribution is -2.36. The number of halogens is 1. The van der Waals surface area contributed by atoms with Gasteiger partial charge in [0.15, 0.2) is 11.5 Å². The molecule has 5 nitrogen and oxygen atoms in total. The van der Waals surface area contributed by atoms with Crippen molar-refractivity contribution in [3.05, 3.63) is 53.6 Å². The molecule has 2 aliphatic rings. The first-order chi connectivity index (χ1) is 12.3. The number of ether oxygens (including phenoxy) is 3. The fourth-order valence-corrected chi connectivity index (χ4v) is 3.31. The molecule has 0 saturated carbocycles. The standard InChI is InChI=1S/C20H24N2O3.ClH/c1-15(21-13-17-3-2-4-19-20(17)25-14-24-19)16-5-7-18(8-6-16)22-9-11-23-12-10-22;/h2-8,15,21H,9-14H2,1H3;1H. The van der Waals surface area contributed by atoms with E-state index in [0.29, 0.717) is 6.79 Å². The minimum Gasteiger partial charge on any atom is -0.454 e. The van der Waals surface area contributed by atoms with E-state index in [9.17, 15) is 0 Å². The summed E-state index contributed by atoms with van der Waals surface area (Å²) < 4.78 is 16.4. The van der Waals surface area contributed by atoms with E-state index in [4.69, 9.17) is 14.2 Å². The molecule has 0 aliphatic carbocycles. The maximum atomic E-state index is 5.57. The number of rotatable bonds is 5. The van der Waals surface area contributed by atoms with Gasteiger partial charge in [0.1, 0.15) is 0 Å². The van der Waals surface area contributed by atoms with Crippen molar-refractivity contribution < 1.29 is 14.2 Å². The van der Waals surface area contributed by atoms with Crippen molar-refractivity contribution in [3.8, 4) is 11.5 Å². The molecule has 1 atom stereocenters. The number of fused-ring (bicyclic) bond motifs is 1. The smallest absolute Gasteiger partial charge is 0.231 e. The van der Waals surface area contributed by atoms with Crippen LogP contribution in [0.4, 0.5) is 5.69 Å². The summed E-state index contributed by atoms with van der Waals surface area (Å²) in [6, 6.07) is 15.1. The Morgan fingerprint density at radius 1 is 1.04 bits per heavy atom. The average Bonchev–Trinajstić information content (AvgIpc) is 3.16. The number of hydrogen-bond acceptors (Lipinski definition) is 5. The molecule has 2 aromatic rings. The molecule has 0 amide bonds. The quantitative estimate of drug-likeness (QED) is 0.864. The number of anilines is 1. The van der Waals surface area contributed by atoms with Crippen molar-refractivity contribution in [3.63, 3.8) is 0 Å². The van der Waals surface area contributed by atoms with Crippen molar-refractivity contribution >= 4 is 18.1 Å². The van der Waals surface area contributed by atoms with Crippen LogP contribution in [0.25, 0.3) is 0 Å². The van der Waals surface area contributed by atoms with Crippen LogP contribution in [-0.4, -0.2) is 33.1 Å². The van der Waals surface area contributed by atoms with Crippen molar-refractivity contribution in [1.82, 2.24) is 5.32 Å². The second-order valence-corrected chi connectivity index (χ2v) is 6.44. The van der Waals surface area contributed by atoms with Gasteiger partial charge in [0.25, 0.3) is 0 Å². The largest absolute Gasteiger partial charge is 0.454 e. The first-order valence-corrected chi connectivity index (χ1v) is 8.85. The molecule has 1 fully saturated rings. The lowest BCUT2D eigenvalue weighted by molar-refractivity contribution is 0.122. The number of hydrogen-bond donors (Lipinski definition) is 1. The van der Waals surface area contributed by atoms with E-state index >= 15 is 0 Å². The topological polar surface area (TPSA) is 43.0 Å². The highest BCUT2D eigenvalue weighted by molar-refractivity contribution is 5.85. The summed E-state index contributed by atoms with van der Waals surface area (Å²) in [5, 5.41) is 3.57. The molecule has 2 aromatic carbocycles. The molecule has 0 aromatic heterocycles. The first kappa shape index (κ1) is 18.8. The minimum absolute atomic E-state index is 0. The van der Waals surface area contributed by atoms with Crippen molar-refractivity contribution in [1.29, 1.82) is 0 Å². The van der Waals surface area contributed by atoms with E-state index in [1.807, 2.05) is 12.1 Å². The van der Waals surface area contributed by atoms with Gasteiger partial charge in [-0.1, -0.05) is 24.3 Å². The van der Waals surface area contributed by atoms with E-state index in [-0.39, 0.29) is 18.4 Å². The number of benzene rings is 2. The van der Waals surface area contributed by atoms with Crippen molar-refractivity contribution in [2.45, 2.75) is 19.5 Å². The van der Waals surface area contributed by atoms with E-state index in [2.05, 4.69) is 47.5 Å². The summed E-state index contributed by atoms with van der Waals surface area (Å²) in [6.45, 7) is 6.80. The highest BCUT2D eigenvalue weighted by Crippen LogP contribution is 2.35. The third-order valence-corrected chi connectivity index (χ3v) is 4.85. The molecule has 140 valence electrons. The van der Waals surface area contributed by atoms with Gasteiger partial charge >= 0.3 is 0 Å². The van der Waals surface area contributed by atoms with Crippen molar-refractivity contribution in [2.24, 2.45) is 0 Å². The average molecular weight is 377 g/mol. The molecule has 2 heterocycles. The van der Waals surface area contributed by atoms with Gasteiger partial charge in [0.2, 0.25) is 6.79 Å².